The molecule has 2 N–H and O–H groups in total. The summed E-state index contributed by atoms with van der Waals surface area (Å²) in [6.45, 7) is 0.125. The van der Waals surface area contributed by atoms with Gasteiger partial charge in [0, 0.05) is 16.6 Å². The highest BCUT2D eigenvalue weighted by Crippen LogP contribution is 2.15. The van der Waals surface area contributed by atoms with Crippen molar-refractivity contribution in [2.24, 2.45) is 0 Å². The van der Waals surface area contributed by atoms with Gasteiger partial charge in [-0.05, 0) is 42.0 Å². The molecule has 0 unspecified atom stereocenters. The molecule has 6 heteroatoms. The predicted octanol–water partition coefficient (Wildman–Crippen LogP) is 4.17. The molecular weight excluding hydrogens is 354 g/mol. The molecule has 0 radical (unpaired) electrons. The van der Waals surface area contributed by atoms with Crippen LogP contribution in [0, 0.1) is 0 Å². The molecule has 0 aliphatic carbocycles. The third kappa shape index (κ3) is 3.91. The van der Waals surface area contributed by atoms with Crippen molar-refractivity contribution in [1.29, 1.82) is 0 Å². The van der Waals surface area contributed by atoms with Crippen molar-refractivity contribution in [3.8, 4) is 0 Å². The van der Waals surface area contributed by atoms with E-state index in [0.717, 1.165) is 22.2 Å². The van der Waals surface area contributed by atoms with Crippen LogP contribution in [-0.2, 0) is 11.3 Å². The monoisotopic (exact) mass is 371 g/mol. The minimum atomic E-state index is -0.414. The number of benzene rings is 3. The molecular formula is C22H17N3O3. The fourth-order valence-electron chi connectivity index (χ4n) is 2.77. The molecule has 0 aliphatic rings. The van der Waals surface area contributed by atoms with E-state index in [9.17, 15) is 9.59 Å². The number of aromatic amines is 1. The number of hydrogen-bond acceptors (Lipinski definition) is 4. The van der Waals surface area contributed by atoms with E-state index in [1.807, 2.05) is 36.4 Å². The molecule has 28 heavy (non-hydrogen) atoms. The van der Waals surface area contributed by atoms with Gasteiger partial charge in [0.1, 0.15) is 6.61 Å². The smallest absolute Gasteiger partial charge is 0.338 e. The summed E-state index contributed by atoms with van der Waals surface area (Å²) < 4.78 is 5.36. The van der Waals surface area contributed by atoms with Crippen molar-refractivity contribution in [1.82, 2.24) is 10.2 Å². The number of carbonyl (C=O) groups excluding carboxylic acids is 2. The van der Waals surface area contributed by atoms with Gasteiger partial charge in [-0.2, -0.15) is 5.10 Å². The van der Waals surface area contributed by atoms with Gasteiger partial charge in [0.2, 0.25) is 0 Å². The van der Waals surface area contributed by atoms with Gasteiger partial charge >= 0.3 is 5.97 Å². The number of hydrogen-bond donors (Lipinski definition) is 2. The van der Waals surface area contributed by atoms with Gasteiger partial charge in [-0.1, -0.05) is 36.4 Å². The van der Waals surface area contributed by atoms with E-state index in [0.29, 0.717) is 11.1 Å². The Morgan fingerprint density at radius 3 is 2.46 bits per heavy atom. The normalized spacial score (nSPS) is 10.6. The number of esters is 1. The zero-order valence-corrected chi connectivity index (χ0v) is 14.9. The Morgan fingerprint density at radius 1 is 0.929 bits per heavy atom. The molecule has 0 saturated carbocycles. The Bertz CT molecular complexity index is 1120. The first-order valence-electron chi connectivity index (χ1n) is 8.75. The average molecular weight is 371 g/mol. The summed E-state index contributed by atoms with van der Waals surface area (Å²) in [5, 5.41) is 10.5. The van der Waals surface area contributed by atoms with Crippen LogP contribution in [0.4, 0.5) is 5.69 Å². The van der Waals surface area contributed by atoms with Crippen molar-refractivity contribution in [2.75, 3.05) is 5.32 Å². The summed E-state index contributed by atoms with van der Waals surface area (Å²) in [4.78, 5) is 24.5. The molecule has 1 heterocycles. The maximum absolute atomic E-state index is 12.3. The number of amides is 1. The quantitative estimate of drug-likeness (QED) is 0.516. The fraction of sp³-hybridized carbons (Fsp3) is 0.0455. The van der Waals surface area contributed by atoms with Crippen molar-refractivity contribution in [3.05, 3.63) is 95.7 Å². The van der Waals surface area contributed by atoms with Crippen LogP contribution < -0.4 is 5.32 Å². The van der Waals surface area contributed by atoms with Gasteiger partial charge in [-0.25, -0.2) is 4.79 Å². The first-order chi connectivity index (χ1) is 13.7. The number of carbonyl (C=O) groups is 2. The van der Waals surface area contributed by atoms with Crippen molar-refractivity contribution < 1.29 is 14.3 Å². The summed E-state index contributed by atoms with van der Waals surface area (Å²) in [6, 6.07) is 21.4. The third-order valence-corrected chi connectivity index (χ3v) is 4.30. The van der Waals surface area contributed by atoms with Crippen LogP contribution >= 0.6 is 0 Å². The number of rotatable bonds is 5. The van der Waals surface area contributed by atoms with Crippen LogP contribution in [0.3, 0.4) is 0 Å². The minimum Gasteiger partial charge on any atom is -0.457 e. The first kappa shape index (κ1) is 17.5. The summed E-state index contributed by atoms with van der Waals surface area (Å²) in [6.07, 6.45) is 1.69. The molecule has 0 bridgehead atoms. The lowest BCUT2D eigenvalue weighted by Gasteiger charge is -2.07. The van der Waals surface area contributed by atoms with Gasteiger partial charge in [-0.15, -0.1) is 0 Å². The number of nitrogens with one attached hydrogen (secondary N) is 2. The summed E-state index contributed by atoms with van der Waals surface area (Å²) in [5.74, 6) is -0.606. The highest BCUT2D eigenvalue weighted by atomic mass is 16.5. The Morgan fingerprint density at radius 2 is 1.68 bits per heavy atom. The Hall–Kier alpha value is -3.93. The number of ether oxygens (including phenoxy) is 1. The van der Waals surface area contributed by atoms with Gasteiger partial charge in [0.15, 0.2) is 0 Å². The third-order valence-electron chi connectivity index (χ3n) is 4.30. The van der Waals surface area contributed by atoms with Crippen LogP contribution in [0.1, 0.15) is 26.3 Å². The van der Waals surface area contributed by atoms with E-state index < -0.39 is 5.97 Å². The molecule has 1 amide bonds. The highest BCUT2D eigenvalue weighted by Gasteiger charge is 2.10. The van der Waals surface area contributed by atoms with Gasteiger partial charge < -0.3 is 10.1 Å². The zero-order valence-electron chi connectivity index (χ0n) is 14.9. The maximum atomic E-state index is 12.3. The first-order valence-corrected chi connectivity index (χ1v) is 8.75. The molecule has 1 aromatic heterocycles. The highest BCUT2D eigenvalue weighted by molar-refractivity contribution is 6.04. The van der Waals surface area contributed by atoms with Gasteiger partial charge in [0.05, 0.1) is 17.3 Å². The number of nitrogens with zero attached hydrogens (tertiary/aromatic N) is 1. The lowest BCUT2D eigenvalue weighted by atomic mass is 10.1. The average Bonchev–Trinajstić information content (AvgIpc) is 3.21. The molecule has 0 fully saturated rings. The van der Waals surface area contributed by atoms with Crippen LogP contribution in [0.25, 0.3) is 10.9 Å². The second-order valence-corrected chi connectivity index (χ2v) is 6.27. The van der Waals surface area contributed by atoms with Crippen LogP contribution in [-0.4, -0.2) is 22.1 Å². The predicted molar refractivity (Wildman–Crippen MR) is 106 cm³/mol. The molecule has 4 rings (SSSR count). The molecule has 0 aliphatic heterocycles. The minimum absolute atomic E-state index is 0.125. The SMILES string of the molecule is O=C(Nc1ccccc1)c1ccc(COC(=O)c2ccc3cn[nH]c3c2)cc1. The molecule has 0 spiro atoms. The van der Waals surface area contributed by atoms with E-state index >= 15 is 0 Å². The fourth-order valence-corrected chi connectivity index (χ4v) is 2.77. The second-order valence-electron chi connectivity index (χ2n) is 6.27. The number of aromatic nitrogens is 2. The lowest BCUT2D eigenvalue weighted by Crippen LogP contribution is -2.11. The van der Waals surface area contributed by atoms with E-state index in [2.05, 4.69) is 15.5 Å². The van der Waals surface area contributed by atoms with Crippen LogP contribution in [0.15, 0.2) is 79.0 Å². The van der Waals surface area contributed by atoms with Gasteiger partial charge in [-0.3, -0.25) is 9.89 Å². The largest absolute Gasteiger partial charge is 0.457 e. The van der Waals surface area contributed by atoms with Crippen LogP contribution in [0.2, 0.25) is 0 Å². The molecule has 138 valence electrons. The number of para-hydroxylation sites is 1. The Labute approximate surface area is 161 Å². The lowest BCUT2D eigenvalue weighted by molar-refractivity contribution is 0.0472. The number of H-pyrrole nitrogens is 1. The van der Waals surface area contributed by atoms with Crippen LogP contribution in [0.5, 0.6) is 0 Å². The summed E-state index contributed by atoms with van der Waals surface area (Å²) in [7, 11) is 0. The van der Waals surface area contributed by atoms with E-state index in [1.54, 1.807) is 42.6 Å². The second kappa shape index (κ2) is 7.75. The molecule has 6 nitrogen and oxygen atoms in total. The van der Waals surface area contributed by atoms with Gasteiger partial charge in [0.25, 0.3) is 5.91 Å². The topological polar surface area (TPSA) is 84.1 Å². The Balaban J connectivity index is 1.36. The molecule has 4 aromatic rings. The van der Waals surface area contributed by atoms with Crippen molar-refractivity contribution in [2.45, 2.75) is 6.61 Å². The van der Waals surface area contributed by atoms with E-state index in [-0.39, 0.29) is 12.5 Å². The zero-order chi connectivity index (χ0) is 19.3. The summed E-state index contributed by atoms with van der Waals surface area (Å²) in [5.41, 5.74) is 3.30. The Kier molecular flexibility index (Phi) is 4.84. The number of fused-ring (bicyclic) bond motifs is 1. The standard InChI is InChI=1S/C22H17N3O3/c26-21(24-19-4-2-1-3-5-19)16-8-6-15(7-9-16)14-28-22(27)17-10-11-18-13-23-25-20(18)12-17/h1-13H,14H2,(H,23,25)(H,24,26). The van der Waals surface area contributed by atoms with E-state index in [4.69, 9.17) is 4.74 Å². The molecule has 0 saturated heterocycles. The summed E-state index contributed by atoms with van der Waals surface area (Å²) >= 11 is 0. The number of anilines is 1. The molecule has 3 aromatic carbocycles. The molecule has 0 atom stereocenters. The maximum Gasteiger partial charge on any atom is 0.338 e. The van der Waals surface area contributed by atoms with E-state index in [1.165, 1.54) is 0 Å². The van der Waals surface area contributed by atoms with Crippen molar-refractivity contribution >= 4 is 28.5 Å². The van der Waals surface area contributed by atoms with Crippen molar-refractivity contribution in [3.63, 3.8) is 0 Å².